The Morgan fingerprint density at radius 3 is 2.59 bits per heavy atom. The number of anilines is 1. The third-order valence-corrected chi connectivity index (χ3v) is 4.09. The molecule has 1 heterocycles. The molecule has 2 aromatic carbocycles. The minimum atomic E-state index is -0.574. The van der Waals surface area contributed by atoms with Crippen LogP contribution < -0.4 is 10.6 Å². The van der Waals surface area contributed by atoms with E-state index in [2.05, 4.69) is 10.6 Å². The quantitative estimate of drug-likeness (QED) is 0.470. The van der Waals surface area contributed by atoms with Crippen LogP contribution in [0, 0.1) is 10.1 Å². The van der Waals surface area contributed by atoms with Gasteiger partial charge in [0.05, 0.1) is 23.8 Å². The lowest BCUT2D eigenvalue weighted by Gasteiger charge is -2.17. The van der Waals surface area contributed by atoms with Gasteiger partial charge < -0.3 is 9.73 Å². The van der Waals surface area contributed by atoms with Crippen molar-refractivity contribution in [2.45, 2.75) is 6.04 Å². The maximum absolute atomic E-state index is 12.3. The van der Waals surface area contributed by atoms with Crippen LogP contribution in [0.25, 0.3) is 0 Å². The second-order valence-corrected chi connectivity index (χ2v) is 6.14. The van der Waals surface area contributed by atoms with Crippen LogP contribution in [0.5, 0.6) is 0 Å². The Morgan fingerprint density at radius 1 is 1.15 bits per heavy atom. The van der Waals surface area contributed by atoms with Crippen molar-refractivity contribution in [3.8, 4) is 0 Å². The number of nitrogens with one attached hydrogen (secondary N) is 2. The van der Waals surface area contributed by atoms with Gasteiger partial charge in [-0.05, 0) is 29.8 Å². The Morgan fingerprint density at radius 2 is 1.93 bits per heavy atom. The standard InChI is InChI=1S/C19H16ClN3O4/c20-14-8-9-16(23(25)26)15(11-14)22-18(24)12-21-19(17-7-4-10-27-17)13-5-2-1-3-6-13/h1-11,19,21H,12H2,(H,22,24)/t19-/m1/s1. The molecule has 0 aliphatic carbocycles. The Kier molecular flexibility index (Phi) is 5.85. The van der Waals surface area contributed by atoms with E-state index in [1.54, 1.807) is 12.3 Å². The fourth-order valence-electron chi connectivity index (χ4n) is 2.64. The molecular formula is C19H16ClN3O4. The summed E-state index contributed by atoms with van der Waals surface area (Å²) < 4.78 is 5.47. The first kappa shape index (κ1) is 18.6. The molecule has 0 saturated heterocycles. The van der Waals surface area contributed by atoms with Crippen molar-refractivity contribution in [2.75, 3.05) is 11.9 Å². The van der Waals surface area contributed by atoms with Crippen molar-refractivity contribution < 1.29 is 14.1 Å². The van der Waals surface area contributed by atoms with Crippen LogP contribution in [-0.2, 0) is 4.79 Å². The third-order valence-electron chi connectivity index (χ3n) is 3.86. The zero-order chi connectivity index (χ0) is 19.2. The molecule has 0 bridgehead atoms. The molecule has 0 unspecified atom stereocenters. The van der Waals surface area contributed by atoms with Crippen LogP contribution in [0.4, 0.5) is 11.4 Å². The number of amides is 1. The molecule has 0 saturated carbocycles. The zero-order valence-electron chi connectivity index (χ0n) is 14.1. The number of nitro benzene ring substituents is 1. The van der Waals surface area contributed by atoms with Crippen LogP contribution in [0.2, 0.25) is 5.02 Å². The Bertz CT molecular complexity index is 929. The number of nitro groups is 1. The second kappa shape index (κ2) is 8.48. The lowest BCUT2D eigenvalue weighted by Crippen LogP contribution is -2.31. The molecule has 138 valence electrons. The van der Waals surface area contributed by atoms with Crippen LogP contribution in [0.1, 0.15) is 17.4 Å². The molecule has 2 N–H and O–H groups in total. The van der Waals surface area contributed by atoms with E-state index in [1.165, 1.54) is 18.2 Å². The maximum atomic E-state index is 12.3. The SMILES string of the molecule is O=C(CN[C@H](c1ccccc1)c1ccco1)Nc1cc(Cl)ccc1[N+](=O)[O-]. The Labute approximate surface area is 160 Å². The summed E-state index contributed by atoms with van der Waals surface area (Å²) in [6, 6.07) is 16.8. The van der Waals surface area contributed by atoms with Gasteiger partial charge in [0.15, 0.2) is 0 Å². The van der Waals surface area contributed by atoms with E-state index in [4.69, 9.17) is 16.0 Å². The molecule has 1 aromatic heterocycles. The molecule has 0 spiro atoms. The summed E-state index contributed by atoms with van der Waals surface area (Å²) in [7, 11) is 0. The van der Waals surface area contributed by atoms with E-state index in [0.29, 0.717) is 10.8 Å². The van der Waals surface area contributed by atoms with Crippen molar-refractivity contribution in [3.05, 3.63) is 93.4 Å². The number of nitrogens with zero attached hydrogens (tertiary/aromatic N) is 1. The lowest BCUT2D eigenvalue weighted by molar-refractivity contribution is -0.383. The normalized spacial score (nSPS) is 11.7. The summed E-state index contributed by atoms with van der Waals surface area (Å²) in [4.78, 5) is 22.9. The van der Waals surface area contributed by atoms with Gasteiger partial charge in [0, 0.05) is 11.1 Å². The van der Waals surface area contributed by atoms with E-state index < -0.39 is 10.8 Å². The minimum absolute atomic E-state index is 0.0496. The number of benzene rings is 2. The molecule has 0 fully saturated rings. The monoisotopic (exact) mass is 385 g/mol. The van der Waals surface area contributed by atoms with Gasteiger partial charge in [0.2, 0.25) is 5.91 Å². The highest BCUT2D eigenvalue weighted by molar-refractivity contribution is 6.31. The summed E-state index contributed by atoms with van der Waals surface area (Å²) in [6.45, 7) is -0.0794. The van der Waals surface area contributed by atoms with Gasteiger partial charge in [-0.3, -0.25) is 20.2 Å². The topological polar surface area (TPSA) is 97.4 Å². The van der Waals surface area contributed by atoms with E-state index in [0.717, 1.165) is 5.56 Å². The van der Waals surface area contributed by atoms with Crippen molar-refractivity contribution in [3.63, 3.8) is 0 Å². The number of hydrogen-bond acceptors (Lipinski definition) is 5. The number of carbonyl (C=O) groups excluding carboxylic acids is 1. The van der Waals surface area contributed by atoms with Crippen molar-refractivity contribution in [1.82, 2.24) is 5.32 Å². The van der Waals surface area contributed by atoms with Gasteiger partial charge in [-0.25, -0.2) is 0 Å². The first-order valence-corrected chi connectivity index (χ1v) is 8.48. The third kappa shape index (κ3) is 4.72. The lowest BCUT2D eigenvalue weighted by atomic mass is 10.0. The van der Waals surface area contributed by atoms with Gasteiger partial charge in [-0.15, -0.1) is 0 Å². The van der Waals surface area contributed by atoms with Crippen molar-refractivity contribution >= 4 is 28.9 Å². The van der Waals surface area contributed by atoms with Crippen LogP contribution >= 0.6 is 11.6 Å². The van der Waals surface area contributed by atoms with Crippen molar-refractivity contribution in [1.29, 1.82) is 0 Å². The Balaban J connectivity index is 1.72. The molecule has 0 aliphatic rings. The molecule has 0 radical (unpaired) electrons. The maximum Gasteiger partial charge on any atom is 0.292 e. The largest absolute Gasteiger partial charge is 0.467 e. The van der Waals surface area contributed by atoms with Gasteiger partial charge in [0.25, 0.3) is 5.69 Å². The highest BCUT2D eigenvalue weighted by Gasteiger charge is 2.19. The molecular weight excluding hydrogens is 370 g/mol. The van der Waals surface area contributed by atoms with Gasteiger partial charge in [0.1, 0.15) is 11.4 Å². The van der Waals surface area contributed by atoms with E-state index in [9.17, 15) is 14.9 Å². The highest BCUT2D eigenvalue weighted by Crippen LogP contribution is 2.27. The summed E-state index contributed by atoms with van der Waals surface area (Å²) in [5.41, 5.74) is 0.751. The number of carbonyl (C=O) groups is 1. The highest BCUT2D eigenvalue weighted by atomic mass is 35.5. The summed E-state index contributed by atoms with van der Waals surface area (Å²) in [6.07, 6.45) is 1.56. The number of hydrogen-bond donors (Lipinski definition) is 2. The first-order chi connectivity index (χ1) is 13.0. The van der Waals surface area contributed by atoms with Crippen LogP contribution in [0.15, 0.2) is 71.3 Å². The molecule has 7 nitrogen and oxygen atoms in total. The summed E-state index contributed by atoms with van der Waals surface area (Å²) in [5.74, 6) is 0.218. The first-order valence-electron chi connectivity index (χ1n) is 8.10. The molecule has 8 heteroatoms. The van der Waals surface area contributed by atoms with E-state index in [1.807, 2.05) is 36.4 Å². The van der Waals surface area contributed by atoms with Crippen LogP contribution in [-0.4, -0.2) is 17.4 Å². The zero-order valence-corrected chi connectivity index (χ0v) is 14.8. The van der Waals surface area contributed by atoms with E-state index >= 15 is 0 Å². The minimum Gasteiger partial charge on any atom is -0.467 e. The summed E-state index contributed by atoms with van der Waals surface area (Å²) in [5, 5.41) is 17.0. The molecule has 3 aromatic rings. The number of furan rings is 1. The average molecular weight is 386 g/mol. The van der Waals surface area contributed by atoms with Gasteiger partial charge in [-0.1, -0.05) is 41.9 Å². The molecule has 3 rings (SSSR count). The second-order valence-electron chi connectivity index (χ2n) is 5.71. The fourth-order valence-corrected chi connectivity index (χ4v) is 2.81. The smallest absolute Gasteiger partial charge is 0.292 e. The average Bonchev–Trinajstić information content (AvgIpc) is 3.17. The van der Waals surface area contributed by atoms with Crippen molar-refractivity contribution in [2.24, 2.45) is 0 Å². The Hall–Kier alpha value is -3.16. The van der Waals surface area contributed by atoms with Crippen LogP contribution in [0.3, 0.4) is 0 Å². The predicted molar refractivity (Wildman–Crippen MR) is 102 cm³/mol. The van der Waals surface area contributed by atoms with Gasteiger partial charge in [-0.2, -0.15) is 0 Å². The number of halogens is 1. The van der Waals surface area contributed by atoms with Gasteiger partial charge >= 0.3 is 0 Å². The number of rotatable bonds is 7. The predicted octanol–water partition coefficient (Wildman–Crippen LogP) is 4.16. The summed E-state index contributed by atoms with van der Waals surface area (Å²) >= 11 is 5.88. The molecule has 0 aliphatic heterocycles. The van der Waals surface area contributed by atoms with E-state index in [-0.39, 0.29) is 24.0 Å². The molecule has 1 amide bonds. The molecule has 27 heavy (non-hydrogen) atoms. The molecule has 1 atom stereocenters. The fraction of sp³-hybridized carbons (Fsp3) is 0.105.